The van der Waals surface area contributed by atoms with Crippen LogP contribution in [-0.4, -0.2) is 41.7 Å². The van der Waals surface area contributed by atoms with Crippen molar-refractivity contribution >= 4 is 23.8 Å². The lowest BCUT2D eigenvalue weighted by Crippen LogP contribution is -2.44. The van der Waals surface area contributed by atoms with E-state index < -0.39 is 5.97 Å². The molecule has 118 valence electrons. The average Bonchev–Trinajstić information content (AvgIpc) is 2.45. The molecule has 0 saturated heterocycles. The molecule has 0 atom stereocenters. The van der Waals surface area contributed by atoms with Crippen molar-refractivity contribution in [1.82, 2.24) is 10.6 Å². The zero-order valence-electron chi connectivity index (χ0n) is 12.3. The lowest BCUT2D eigenvalue weighted by Gasteiger charge is -2.36. The van der Waals surface area contributed by atoms with Gasteiger partial charge in [0.25, 0.3) is 0 Å². The lowest BCUT2D eigenvalue weighted by atomic mass is 9.72. The Labute approximate surface area is 130 Å². The molecule has 0 aromatic rings. The summed E-state index contributed by atoms with van der Waals surface area (Å²) in [6.45, 7) is 0.993. The van der Waals surface area contributed by atoms with Crippen LogP contribution >= 0.6 is 11.8 Å². The molecule has 0 radical (unpaired) electrons. The van der Waals surface area contributed by atoms with Gasteiger partial charge in [-0.1, -0.05) is 25.2 Å². The molecule has 5 nitrogen and oxygen atoms in total. The Morgan fingerprint density at radius 3 is 2.57 bits per heavy atom. The molecule has 0 bridgehead atoms. The van der Waals surface area contributed by atoms with E-state index in [1.165, 1.54) is 0 Å². The highest BCUT2D eigenvalue weighted by atomic mass is 32.2. The molecule has 1 fully saturated rings. The van der Waals surface area contributed by atoms with E-state index in [1.54, 1.807) is 11.8 Å². The number of amides is 2. The van der Waals surface area contributed by atoms with Crippen LogP contribution in [0.25, 0.3) is 0 Å². The van der Waals surface area contributed by atoms with E-state index in [9.17, 15) is 9.59 Å². The highest BCUT2D eigenvalue weighted by Crippen LogP contribution is 2.38. The standard InChI is InChI=1S/C15H24N2O3S/c1-2-9-21-10-8-16-14(20)17-12-15(11-13(18)19)6-4-3-5-7-15/h1H,3-12H2,(H,18,19)(H2,16,17,20). The van der Waals surface area contributed by atoms with Gasteiger partial charge in [-0.05, 0) is 18.3 Å². The van der Waals surface area contributed by atoms with Gasteiger partial charge in [0.05, 0.1) is 12.2 Å². The highest BCUT2D eigenvalue weighted by Gasteiger charge is 2.34. The smallest absolute Gasteiger partial charge is 0.314 e. The average molecular weight is 312 g/mol. The van der Waals surface area contributed by atoms with E-state index in [1.807, 2.05) is 0 Å². The summed E-state index contributed by atoms with van der Waals surface area (Å²) in [7, 11) is 0. The van der Waals surface area contributed by atoms with Gasteiger partial charge in [0.2, 0.25) is 0 Å². The molecule has 0 unspecified atom stereocenters. The SMILES string of the molecule is C#CCSCCNC(=O)NCC1(CC(=O)O)CCCCC1. The van der Waals surface area contributed by atoms with Crippen LogP contribution in [0.4, 0.5) is 4.79 Å². The Morgan fingerprint density at radius 2 is 1.95 bits per heavy atom. The lowest BCUT2D eigenvalue weighted by molar-refractivity contribution is -0.140. The Bertz CT molecular complexity index is 387. The number of hydrogen-bond donors (Lipinski definition) is 3. The topological polar surface area (TPSA) is 78.4 Å². The molecule has 0 aliphatic heterocycles. The number of hydrogen-bond acceptors (Lipinski definition) is 3. The summed E-state index contributed by atoms with van der Waals surface area (Å²) in [5.41, 5.74) is -0.278. The van der Waals surface area contributed by atoms with E-state index >= 15 is 0 Å². The van der Waals surface area contributed by atoms with Crippen LogP contribution in [-0.2, 0) is 4.79 Å². The third kappa shape index (κ3) is 7.28. The van der Waals surface area contributed by atoms with Gasteiger partial charge in [0.1, 0.15) is 0 Å². The van der Waals surface area contributed by atoms with Crippen LogP contribution in [0.5, 0.6) is 0 Å². The zero-order valence-corrected chi connectivity index (χ0v) is 13.1. The second kappa shape index (κ2) is 9.56. The molecule has 1 saturated carbocycles. The van der Waals surface area contributed by atoms with E-state index in [-0.39, 0.29) is 17.9 Å². The maximum absolute atomic E-state index is 11.7. The zero-order chi connectivity index (χ0) is 15.6. The number of aliphatic carboxylic acids is 1. The Kier molecular flexibility index (Phi) is 8.06. The minimum Gasteiger partial charge on any atom is -0.481 e. The number of thioether (sulfide) groups is 1. The van der Waals surface area contributed by atoms with Gasteiger partial charge >= 0.3 is 12.0 Å². The molecule has 0 heterocycles. The summed E-state index contributed by atoms with van der Waals surface area (Å²) in [6, 6.07) is -0.230. The molecule has 0 aromatic carbocycles. The summed E-state index contributed by atoms with van der Waals surface area (Å²) in [4.78, 5) is 22.8. The summed E-state index contributed by atoms with van der Waals surface area (Å²) in [6.07, 6.45) is 10.2. The monoisotopic (exact) mass is 312 g/mol. The van der Waals surface area contributed by atoms with E-state index in [2.05, 4.69) is 16.6 Å². The van der Waals surface area contributed by atoms with Crippen LogP contribution < -0.4 is 10.6 Å². The van der Waals surface area contributed by atoms with Gasteiger partial charge in [-0.15, -0.1) is 18.2 Å². The number of urea groups is 1. The van der Waals surface area contributed by atoms with Crippen LogP contribution in [0.3, 0.4) is 0 Å². The van der Waals surface area contributed by atoms with Crippen molar-refractivity contribution in [3.05, 3.63) is 0 Å². The van der Waals surface area contributed by atoms with E-state index in [4.69, 9.17) is 11.5 Å². The molecule has 2 amide bonds. The Balaban J connectivity index is 2.30. The second-order valence-electron chi connectivity index (χ2n) is 5.50. The van der Waals surface area contributed by atoms with Crippen molar-refractivity contribution in [2.45, 2.75) is 38.5 Å². The summed E-state index contributed by atoms with van der Waals surface area (Å²) in [5.74, 6) is 3.16. The third-order valence-electron chi connectivity index (χ3n) is 3.78. The van der Waals surface area contributed by atoms with Crippen molar-refractivity contribution in [3.8, 4) is 12.3 Å². The number of carbonyl (C=O) groups is 2. The fourth-order valence-corrected chi connectivity index (χ4v) is 3.25. The molecule has 1 aliphatic rings. The van der Waals surface area contributed by atoms with E-state index in [0.717, 1.165) is 37.9 Å². The number of nitrogens with one attached hydrogen (secondary N) is 2. The minimum atomic E-state index is -0.787. The first-order valence-corrected chi connectivity index (χ1v) is 8.48. The number of rotatable bonds is 8. The Hall–Kier alpha value is -1.35. The van der Waals surface area contributed by atoms with Crippen molar-refractivity contribution in [2.24, 2.45) is 5.41 Å². The third-order valence-corrected chi connectivity index (χ3v) is 4.65. The molecule has 0 spiro atoms. The van der Waals surface area contributed by atoms with Crippen LogP contribution in [0.2, 0.25) is 0 Å². The molecule has 6 heteroatoms. The van der Waals surface area contributed by atoms with Crippen LogP contribution in [0.15, 0.2) is 0 Å². The molecule has 21 heavy (non-hydrogen) atoms. The second-order valence-corrected chi connectivity index (χ2v) is 6.60. The van der Waals surface area contributed by atoms with E-state index in [0.29, 0.717) is 18.8 Å². The molecule has 1 rings (SSSR count). The fourth-order valence-electron chi connectivity index (χ4n) is 2.74. The first kappa shape index (κ1) is 17.7. The molecular formula is C15H24N2O3S. The van der Waals surface area contributed by atoms with Gasteiger partial charge in [-0.2, -0.15) is 0 Å². The fraction of sp³-hybridized carbons (Fsp3) is 0.733. The van der Waals surface area contributed by atoms with Crippen molar-refractivity contribution in [2.75, 3.05) is 24.6 Å². The van der Waals surface area contributed by atoms with Gasteiger partial charge in [-0.3, -0.25) is 4.79 Å². The number of carboxylic acids is 1. The Morgan fingerprint density at radius 1 is 1.24 bits per heavy atom. The first-order chi connectivity index (χ1) is 10.1. The van der Waals surface area contributed by atoms with Crippen LogP contribution in [0.1, 0.15) is 38.5 Å². The number of terminal acetylenes is 1. The van der Waals surface area contributed by atoms with Crippen LogP contribution in [0, 0.1) is 17.8 Å². The summed E-state index contributed by atoms with van der Waals surface area (Å²) < 4.78 is 0. The van der Waals surface area contributed by atoms with Gasteiger partial charge in [0.15, 0.2) is 0 Å². The summed E-state index contributed by atoms with van der Waals surface area (Å²) >= 11 is 1.59. The normalized spacial score (nSPS) is 16.7. The van der Waals surface area contributed by atoms with Crippen molar-refractivity contribution < 1.29 is 14.7 Å². The summed E-state index contributed by atoms with van der Waals surface area (Å²) in [5, 5.41) is 14.7. The molecule has 0 aromatic heterocycles. The largest absolute Gasteiger partial charge is 0.481 e. The number of carbonyl (C=O) groups excluding carboxylic acids is 1. The maximum atomic E-state index is 11.7. The van der Waals surface area contributed by atoms with Gasteiger partial charge < -0.3 is 15.7 Å². The van der Waals surface area contributed by atoms with Crippen molar-refractivity contribution in [1.29, 1.82) is 0 Å². The quantitative estimate of drug-likeness (QED) is 0.473. The minimum absolute atomic E-state index is 0.130. The van der Waals surface area contributed by atoms with Gasteiger partial charge in [0, 0.05) is 18.8 Å². The van der Waals surface area contributed by atoms with Crippen molar-refractivity contribution in [3.63, 3.8) is 0 Å². The predicted molar refractivity (Wildman–Crippen MR) is 85.3 cm³/mol. The maximum Gasteiger partial charge on any atom is 0.314 e. The number of carboxylic acid groups (broad SMARTS) is 1. The molecule has 1 aliphatic carbocycles. The highest BCUT2D eigenvalue weighted by molar-refractivity contribution is 7.99. The molecular weight excluding hydrogens is 288 g/mol. The van der Waals surface area contributed by atoms with Gasteiger partial charge in [-0.25, -0.2) is 4.79 Å². The predicted octanol–water partition coefficient (Wildman–Crippen LogP) is 2.08. The first-order valence-electron chi connectivity index (χ1n) is 7.33. The molecule has 3 N–H and O–H groups in total.